The van der Waals surface area contributed by atoms with Crippen LogP contribution in [-0.4, -0.2) is 37.1 Å². The van der Waals surface area contributed by atoms with Crippen LogP contribution in [0.3, 0.4) is 0 Å². The monoisotopic (exact) mass is 206 g/mol. The highest BCUT2D eigenvalue weighted by molar-refractivity contribution is 4.96. The Kier molecular flexibility index (Phi) is 5.45. The van der Waals surface area contributed by atoms with Gasteiger partial charge in [-0.3, -0.25) is 4.90 Å². The predicted molar refractivity (Wildman–Crippen MR) is 65.7 cm³/mol. The number of terminal acetylenes is 1. The fraction of sp³-hybridized carbons (Fsp3) is 0.692. The largest absolute Gasteiger partial charge is 0.303 e. The van der Waals surface area contributed by atoms with Crippen molar-refractivity contribution in [1.29, 1.82) is 0 Å². The summed E-state index contributed by atoms with van der Waals surface area (Å²) >= 11 is 0. The minimum atomic E-state index is 0.629. The fourth-order valence-electron chi connectivity index (χ4n) is 1.83. The summed E-state index contributed by atoms with van der Waals surface area (Å²) in [6.07, 6.45) is 9.97. The molecule has 0 bridgehead atoms. The minimum absolute atomic E-state index is 0.629. The highest BCUT2D eigenvalue weighted by Gasteiger charge is 2.16. The van der Waals surface area contributed by atoms with Gasteiger partial charge in [0.05, 0.1) is 6.54 Å². The van der Waals surface area contributed by atoms with E-state index in [9.17, 15) is 0 Å². The number of nitrogens with one attached hydrogen (secondary N) is 1. The molecular formula is C13H22N2. The Labute approximate surface area is 93.7 Å². The Morgan fingerprint density at radius 3 is 2.67 bits per heavy atom. The second-order valence-electron chi connectivity index (χ2n) is 4.44. The van der Waals surface area contributed by atoms with Gasteiger partial charge in [0, 0.05) is 12.6 Å². The van der Waals surface area contributed by atoms with Crippen LogP contribution in [0.15, 0.2) is 11.6 Å². The molecule has 0 aromatic rings. The van der Waals surface area contributed by atoms with Gasteiger partial charge in [-0.05, 0) is 39.8 Å². The Morgan fingerprint density at radius 1 is 1.47 bits per heavy atom. The second-order valence-corrected chi connectivity index (χ2v) is 4.44. The van der Waals surface area contributed by atoms with Crippen LogP contribution in [0.4, 0.5) is 0 Å². The van der Waals surface area contributed by atoms with Crippen LogP contribution in [0.5, 0.6) is 0 Å². The number of allylic oxidation sites excluding steroid dienone is 1. The maximum absolute atomic E-state index is 5.22. The first kappa shape index (κ1) is 12.3. The van der Waals surface area contributed by atoms with Gasteiger partial charge in [0.1, 0.15) is 0 Å². The smallest absolute Gasteiger partial charge is 0.0575 e. The number of nitrogens with zero attached hydrogens (tertiary/aromatic N) is 1. The molecule has 0 amide bonds. The molecule has 1 rings (SSSR count). The van der Waals surface area contributed by atoms with Crippen molar-refractivity contribution in [2.75, 3.05) is 26.2 Å². The number of rotatable bonds is 4. The molecule has 0 aromatic heterocycles. The van der Waals surface area contributed by atoms with Crippen LogP contribution in [-0.2, 0) is 0 Å². The van der Waals surface area contributed by atoms with Gasteiger partial charge in [-0.2, -0.15) is 0 Å². The van der Waals surface area contributed by atoms with Crippen molar-refractivity contribution in [3.63, 3.8) is 0 Å². The van der Waals surface area contributed by atoms with Gasteiger partial charge in [0.2, 0.25) is 0 Å². The van der Waals surface area contributed by atoms with Crippen LogP contribution in [0, 0.1) is 12.3 Å². The lowest BCUT2D eigenvalue weighted by atomic mass is 10.1. The molecule has 0 radical (unpaired) electrons. The van der Waals surface area contributed by atoms with E-state index < -0.39 is 0 Å². The van der Waals surface area contributed by atoms with Gasteiger partial charge in [0.15, 0.2) is 0 Å². The summed E-state index contributed by atoms with van der Waals surface area (Å²) in [7, 11) is 0. The van der Waals surface area contributed by atoms with Gasteiger partial charge in [-0.1, -0.05) is 17.6 Å². The first-order valence-electron chi connectivity index (χ1n) is 5.75. The Morgan fingerprint density at radius 2 is 2.13 bits per heavy atom. The minimum Gasteiger partial charge on any atom is -0.303 e. The third-order valence-corrected chi connectivity index (χ3v) is 2.84. The van der Waals surface area contributed by atoms with Gasteiger partial charge in [0.25, 0.3) is 0 Å². The number of hydrogen-bond donors (Lipinski definition) is 1. The molecule has 0 atom stereocenters. The SMILES string of the molecule is C#CCNC1CCN(CC=C(C)C)CC1. The van der Waals surface area contributed by atoms with Crippen LogP contribution >= 0.6 is 0 Å². The van der Waals surface area contributed by atoms with Crippen LogP contribution in [0.1, 0.15) is 26.7 Å². The molecule has 2 nitrogen and oxygen atoms in total. The summed E-state index contributed by atoms with van der Waals surface area (Å²) < 4.78 is 0. The fourth-order valence-corrected chi connectivity index (χ4v) is 1.83. The molecule has 1 N–H and O–H groups in total. The standard InChI is InChI=1S/C13H22N2/c1-4-8-14-13-6-10-15(11-7-13)9-5-12(2)3/h1,5,13-14H,6-11H2,2-3H3. The Balaban J connectivity index is 2.18. The molecule has 0 aromatic carbocycles. The van der Waals surface area contributed by atoms with Gasteiger partial charge >= 0.3 is 0 Å². The molecule has 1 saturated heterocycles. The van der Waals surface area contributed by atoms with Gasteiger partial charge in [-0.25, -0.2) is 0 Å². The highest BCUT2D eigenvalue weighted by atomic mass is 15.1. The third-order valence-electron chi connectivity index (χ3n) is 2.84. The molecule has 1 heterocycles. The molecule has 0 saturated carbocycles. The lowest BCUT2D eigenvalue weighted by Crippen LogP contribution is -2.42. The van der Waals surface area contributed by atoms with Crippen molar-refractivity contribution in [1.82, 2.24) is 10.2 Å². The van der Waals surface area contributed by atoms with Crippen molar-refractivity contribution in [2.45, 2.75) is 32.7 Å². The average molecular weight is 206 g/mol. The van der Waals surface area contributed by atoms with Gasteiger partial charge in [-0.15, -0.1) is 6.42 Å². The van der Waals surface area contributed by atoms with Gasteiger partial charge < -0.3 is 5.32 Å². The first-order chi connectivity index (χ1) is 7.22. The molecule has 1 aliphatic heterocycles. The molecule has 0 spiro atoms. The Bertz CT molecular complexity index is 238. The summed E-state index contributed by atoms with van der Waals surface area (Å²) in [4.78, 5) is 2.50. The lowest BCUT2D eigenvalue weighted by Gasteiger charge is -2.31. The maximum Gasteiger partial charge on any atom is 0.0575 e. The normalized spacial score (nSPS) is 18.5. The van der Waals surface area contributed by atoms with E-state index in [0.29, 0.717) is 12.6 Å². The van der Waals surface area contributed by atoms with Crippen LogP contribution in [0.25, 0.3) is 0 Å². The molecule has 0 unspecified atom stereocenters. The van der Waals surface area contributed by atoms with Crippen molar-refractivity contribution >= 4 is 0 Å². The highest BCUT2D eigenvalue weighted by Crippen LogP contribution is 2.10. The van der Waals surface area contributed by atoms with E-state index in [-0.39, 0.29) is 0 Å². The van der Waals surface area contributed by atoms with Crippen molar-refractivity contribution in [3.8, 4) is 12.3 Å². The first-order valence-corrected chi connectivity index (χ1v) is 5.75. The molecular weight excluding hydrogens is 184 g/mol. The summed E-state index contributed by atoms with van der Waals surface area (Å²) in [6, 6.07) is 0.629. The summed E-state index contributed by atoms with van der Waals surface area (Å²) in [6.45, 7) is 8.49. The third kappa shape index (κ3) is 5.01. The zero-order valence-electron chi connectivity index (χ0n) is 9.92. The maximum atomic E-state index is 5.22. The second kappa shape index (κ2) is 6.66. The average Bonchev–Trinajstić information content (AvgIpc) is 2.25. The molecule has 1 aliphatic rings. The molecule has 2 heteroatoms. The predicted octanol–water partition coefficient (Wildman–Crippen LogP) is 1.64. The van der Waals surface area contributed by atoms with E-state index >= 15 is 0 Å². The van der Waals surface area contributed by atoms with Crippen LogP contribution in [0.2, 0.25) is 0 Å². The lowest BCUT2D eigenvalue weighted by molar-refractivity contribution is 0.218. The summed E-state index contributed by atoms with van der Waals surface area (Å²) in [5.41, 5.74) is 1.41. The number of piperidine rings is 1. The Hall–Kier alpha value is -0.780. The summed E-state index contributed by atoms with van der Waals surface area (Å²) in [5.74, 6) is 2.63. The van der Waals surface area contributed by atoms with E-state index in [0.717, 1.165) is 6.54 Å². The van der Waals surface area contributed by atoms with Crippen LogP contribution < -0.4 is 5.32 Å². The van der Waals surface area contributed by atoms with Crippen molar-refractivity contribution in [3.05, 3.63) is 11.6 Å². The molecule has 84 valence electrons. The van der Waals surface area contributed by atoms with E-state index in [2.05, 4.69) is 36.1 Å². The topological polar surface area (TPSA) is 15.3 Å². The quantitative estimate of drug-likeness (QED) is 0.556. The molecule has 15 heavy (non-hydrogen) atoms. The van der Waals surface area contributed by atoms with E-state index in [4.69, 9.17) is 6.42 Å². The summed E-state index contributed by atoms with van der Waals surface area (Å²) in [5, 5.41) is 3.38. The van der Waals surface area contributed by atoms with E-state index in [1.807, 2.05) is 0 Å². The van der Waals surface area contributed by atoms with Crippen molar-refractivity contribution in [2.24, 2.45) is 0 Å². The van der Waals surface area contributed by atoms with E-state index in [1.165, 1.54) is 31.5 Å². The molecule has 1 fully saturated rings. The van der Waals surface area contributed by atoms with E-state index in [1.54, 1.807) is 0 Å². The number of likely N-dealkylation sites (tertiary alicyclic amines) is 1. The zero-order chi connectivity index (χ0) is 11.1. The van der Waals surface area contributed by atoms with Crippen molar-refractivity contribution < 1.29 is 0 Å². The molecule has 0 aliphatic carbocycles. The number of hydrogen-bond acceptors (Lipinski definition) is 2. The zero-order valence-corrected chi connectivity index (χ0v) is 9.92.